The van der Waals surface area contributed by atoms with Gasteiger partial charge in [0, 0.05) is 16.8 Å². The molecule has 0 fully saturated rings. The lowest BCUT2D eigenvalue weighted by Gasteiger charge is -2.05. The Morgan fingerprint density at radius 2 is 1.74 bits per heavy atom. The number of carbonyl (C=O) groups excluding carboxylic acids is 1. The molecule has 2 heterocycles. The van der Waals surface area contributed by atoms with Crippen LogP contribution in [-0.2, 0) is 0 Å². The molecule has 0 unspecified atom stereocenters. The smallest absolute Gasteiger partial charge is 0.291 e. The zero-order valence-electron chi connectivity index (χ0n) is 12.0. The first-order chi connectivity index (χ1) is 11.3. The highest BCUT2D eigenvalue weighted by Crippen LogP contribution is 2.20. The molecule has 0 spiro atoms. The average molecular weight is 304 g/mol. The van der Waals surface area contributed by atoms with Crippen molar-refractivity contribution in [3.05, 3.63) is 73.0 Å². The number of nitrogens with zero attached hydrogens (tertiary/aromatic N) is 3. The fourth-order valence-electron chi connectivity index (χ4n) is 2.34. The van der Waals surface area contributed by atoms with Crippen LogP contribution in [0.4, 0.5) is 5.69 Å². The van der Waals surface area contributed by atoms with Gasteiger partial charge in [0.25, 0.3) is 5.91 Å². The highest BCUT2D eigenvalue weighted by Gasteiger charge is 2.12. The molecule has 0 radical (unpaired) electrons. The summed E-state index contributed by atoms with van der Waals surface area (Å²) in [4.78, 5) is 12.3. The van der Waals surface area contributed by atoms with Crippen LogP contribution in [-0.4, -0.2) is 20.7 Å². The van der Waals surface area contributed by atoms with E-state index in [1.165, 1.54) is 0 Å². The van der Waals surface area contributed by atoms with Crippen molar-refractivity contribution in [1.82, 2.24) is 14.8 Å². The van der Waals surface area contributed by atoms with Crippen LogP contribution in [0.2, 0.25) is 0 Å². The first-order valence-corrected chi connectivity index (χ1v) is 7.04. The Balaban J connectivity index is 1.54. The highest BCUT2D eigenvalue weighted by atomic mass is 16.3. The third-order valence-corrected chi connectivity index (χ3v) is 3.49. The van der Waals surface area contributed by atoms with Crippen molar-refractivity contribution < 1.29 is 9.21 Å². The number of para-hydroxylation sites is 1. The van der Waals surface area contributed by atoms with Crippen molar-refractivity contribution in [2.24, 2.45) is 0 Å². The predicted molar refractivity (Wildman–Crippen MR) is 85.5 cm³/mol. The minimum atomic E-state index is -0.279. The summed E-state index contributed by atoms with van der Waals surface area (Å²) in [6, 6.07) is 16.6. The van der Waals surface area contributed by atoms with Gasteiger partial charge in [-0.3, -0.25) is 9.36 Å². The van der Waals surface area contributed by atoms with Crippen molar-refractivity contribution in [1.29, 1.82) is 0 Å². The van der Waals surface area contributed by atoms with E-state index in [1.807, 2.05) is 48.5 Å². The maximum absolute atomic E-state index is 12.3. The van der Waals surface area contributed by atoms with E-state index >= 15 is 0 Å². The van der Waals surface area contributed by atoms with Gasteiger partial charge in [-0.25, -0.2) is 0 Å². The van der Waals surface area contributed by atoms with E-state index in [0.29, 0.717) is 11.3 Å². The first kappa shape index (κ1) is 13.3. The summed E-state index contributed by atoms with van der Waals surface area (Å²) in [5, 5.41) is 11.2. The molecule has 6 heteroatoms. The van der Waals surface area contributed by atoms with Crippen LogP contribution in [0.25, 0.3) is 16.7 Å². The Hall–Kier alpha value is -3.41. The van der Waals surface area contributed by atoms with Crippen LogP contribution in [0.15, 0.2) is 71.7 Å². The summed E-state index contributed by atoms with van der Waals surface area (Å²) in [6.07, 6.45) is 3.23. The van der Waals surface area contributed by atoms with Crippen molar-refractivity contribution in [3.63, 3.8) is 0 Å². The highest BCUT2D eigenvalue weighted by molar-refractivity contribution is 6.04. The van der Waals surface area contributed by atoms with Crippen LogP contribution >= 0.6 is 0 Å². The minimum Gasteiger partial charge on any atom is -0.451 e. The van der Waals surface area contributed by atoms with Crippen molar-refractivity contribution in [3.8, 4) is 5.69 Å². The molecule has 6 nitrogen and oxygen atoms in total. The molecule has 0 aliphatic heterocycles. The van der Waals surface area contributed by atoms with E-state index < -0.39 is 0 Å². The molecule has 0 aliphatic carbocycles. The quantitative estimate of drug-likeness (QED) is 0.630. The number of anilines is 1. The monoisotopic (exact) mass is 304 g/mol. The second-order valence-corrected chi connectivity index (χ2v) is 5.02. The predicted octanol–water partition coefficient (Wildman–Crippen LogP) is 3.27. The molecule has 0 atom stereocenters. The molecule has 0 bridgehead atoms. The molecule has 1 amide bonds. The number of rotatable bonds is 3. The van der Waals surface area contributed by atoms with E-state index in [4.69, 9.17) is 4.42 Å². The summed E-state index contributed by atoms with van der Waals surface area (Å²) in [5.41, 5.74) is 2.30. The fraction of sp³-hybridized carbons (Fsp3) is 0. The van der Waals surface area contributed by atoms with Crippen LogP contribution in [0, 0.1) is 0 Å². The van der Waals surface area contributed by atoms with E-state index in [9.17, 15) is 4.79 Å². The number of hydrogen-bond acceptors (Lipinski definition) is 4. The Morgan fingerprint density at radius 1 is 1.00 bits per heavy atom. The third-order valence-electron chi connectivity index (χ3n) is 3.49. The Morgan fingerprint density at radius 3 is 2.48 bits per heavy atom. The Kier molecular flexibility index (Phi) is 3.12. The van der Waals surface area contributed by atoms with Crippen LogP contribution in [0.5, 0.6) is 0 Å². The van der Waals surface area contributed by atoms with E-state index in [-0.39, 0.29) is 11.7 Å². The lowest BCUT2D eigenvalue weighted by molar-refractivity contribution is 0.0998. The van der Waals surface area contributed by atoms with Gasteiger partial charge in [-0.1, -0.05) is 18.2 Å². The van der Waals surface area contributed by atoms with Crippen LogP contribution in [0.1, 0.15) is 10.6 Å². The van der Waals surface area contributed by atoms with Gasteiger partial charge in [-0.05, 0) is 36.4 Å². The van der Waals surface area contributed by atoms with E-state index in [2.05, 4.69) is 15.5 Å². The van der Waals surface area contributed by atoms with Gasteiger partial charge in [0.05, 0.1) is 0 Å². The van der Waals surface area contributed by atoms with Crippen molar-refractivity contribution >= 4 is 22.6 Å². The topological polar surface area (TPSA) is 73.0 Å². The number of hydrogen-bond donors (Lipinski definition) is 1. The number of fused-ring (bicyclic) bond motifs is 1. The largest absolute Gasteiger partial charge is 0.451 e. The summed E-state index contributed by atoms with van der Waals surface area (Å²) in [5.74, 6) is 0.00679. The van der Waals surface area contributed by atoms with Crippen molar-refractivity contribution in [2.45, 2.75) is 0 Å². The van der Waals surface area contributed by atoms with Gasteiger partial charge in [0.2, 0.25) is 0 Å². The lowest BCUT2D eigenvalue weighted by Crippen LogP contribution is -2.10. The van der Waals surface area contributed by atoms with Gasteiger partial charge in [-0.15, -0.1) is 10.2 Å². The van der Waals surface area contributed by atoms with Gasteiger partial charge in [-0.2, -0.15) is 0 Å². The van der Waals surface area contributed by atoms with Gasteiger partial charge >= 0.3 is 0 Å². The molecular formula is C17H12N4O2. The third kappa shape index (κ3) is 2.57. The number of carbonyl (C=O) groups is 1. The SMILES string of the molecule is O=C(Nc1ccc(-n2cnnc2)cc1)c1cc2ccccc2o1. The maximum atomic E-state index is 12.3. The van der Waals surface area contributed by atoms with Gasteiger partial charge in [0.1, 0.15) is 18.2 Å². The second-order valence-electron chi connectivity index (χ2n) is 5.02. The maximum Gasteiger partial charge on any atom is 0.291 e. The molecule has 4 rings (SSSR count). The van der Waals surface area contributed by atoms with Gasteiger partial charge < -0.3 is 9.73 Å². The zero-order chi connectivity index (χ0) is 15.6. The number of nitrogens with one attached hydrogen (secondary N) is 1. The molecule has 2 aromatic heterocycles. The summed E-state index contributed by atoms with van der Waals surface area (Å²) in [6.45, 7) is 0. The van der Waals surface area contributed by atoms with Crippen LogP contribution in [0.3, 0.4) is 0 Å². The lowest BCUT2D eigenvalue weighted by atomic mass is 10.2. The molecular weight excluding hydrogens is 292 g/mol. The second kappa shape index (κ2) is 5.42. The van der Waals surface area contributed by atoms with Gasteiger partial charge in [0.15, 0.2) is 5.76 Å². The van der Waals surface area contributed by atoms with E-state index in [0.717, 1.165) is 11.1 Å². The fourth-order valence-corrected chi connectivity index (χ4v) is 2.34. The van der Waals surface area contributed by atoms with Crippen LogP contribution < -0.4 is 5.32 Å². The van der Waals surface area contributed by atoms with Crippen molar-refractivity contribution in [2.75, 3.05) is 5.32 Å². The summed E-state index contributed by atoms with van der Waals surface area (Å²) >= 11 is 0. The first-order valence-electron chi connectivity index (χ1n) is 7.04. The summed E-state index contributed by atoms with van der Waals surface area (Å²) < 4.78 is 7.33. The molecule has 23 heavy (non-hydrogen) atoms. The molecule has 0 saturated carbocycles. The number of benzene rings is 2. The number of aromatic nitrogens is 3. The Bertz CT molecular complexity index is 923. The molecule has 4 aromatic rings. The molecule has 112 valence electrons. The average Bonchev–Trinajstić information content (AvgIpc) is 3.25. The number of amides is 1. The molecule has 2 aromatic carbocycles. The summed E-state index contributed by atoms with van der Waals surface area (Å²) in [7, 11) is 0. The Labute approximate surface area is 131 Å². The number of furan rings is 1. The normalized spacial score (nSPS) is 10.8. The molecule has 0 aliphatic rings. The molecule has 1 N–H and O–H groups in total. The zero-order valence-corrected chi connectivity index (χ0v) is 12.0. The standard InChI is InChI=1S/C17H12N4O2/c22-17(16-9-12-3-1-2-4-15(12)23-16)20-13-5-7-14(8-6-13)21-10-18-19-11-21/h1-11H,(H,20,22). The molecule has 0 saturated heterocycles. The van der Waals surface area contributed by atoms with E-state index in [1.54, 1.807) is 23.3 Å². The minimum absolute atomic E-state index is 0.279.